The fourth-order valence-corrected chi connectivity index (χ4v) is 1.86. The molecular weight excluding hydrogens is 214 g/mol. The minimum atomic E-state index is -0.523. The van der Waals surface area contributed by atoms with Crippen molar-refractivity contribution in [1.29, 1.82) is 0 Å². The molecule has 1 amide bonds. The van der Waals surface area contributed by atoms with E-state index < -0.39 is 6.10 Å². The molecule has 1 heterocycles. The number of amides is 1. The number of benzene rings is 1. The summed E-state index contributed by atoms with van der Waals surface area (Å²) in [5.41, 5.74) is 2.17. The molecule has 1 N–H and O–H groups in total. The third-order valence-electron chi connectivity index (χ3n) is 3.20. The number of aliphatic hydroxyl groups is 1. The molecule has 1 aliphatic heterocycles. The Balaban J connectivity index is 1.85. The van der Waals surface area contributed by atoms with E-state index in [1.165, 1.54) is 5.56 Å². The Morgan fingerprint density at radius 2 is 2.00 bits per heavy atom. The van der Waals surface area contributed by atoms with Gasteiger partial charge in [0.25, 0.3) is 0 Å². The highest BCUT2D eigenvalue weighted by atomic mass is 16.3. The van der Waals surface area contributed by atoms with Gasteiger partial charge in [0.1, 0.15) is 0 Å². The van der Waals surface area contributed by atoms with Gasteiger partial charge in [-0.15, -0.1) is 0 Å². The van der Waals surface area contributed by atoms with E-state index in [1.807, 2.05) is 24.3 Å². The van der Waals surface area contributed by atoms with E-state index in [4.69, 9.17) is 0 Å². The number of carbonyl (C=O) groups excluding carboxylic acids is 1. The number of hydrogen-bond donors (Lipinski definition) is 1. The highest BCUT2D eigenvalue weighted by Gasteiger charge is 2.24. The molecule has 3 heteroatoms. The van der Waals surface area contributed by atoms with Crippen LogP contribution in [0.15, 0.2) is 24.3 Å². The van der Waals surface area contributed by atoms with Crippen molar-refractivity contribution in [1.82, 2.24) is 4.90 Å². The van der Waals surface area contributed by atoms with Crippen molar-refractivity contribution in [3.05, 3.63) is 35.4 Å². The lowest BCUT2D eigenvalue weighted by atomic mass is 10.0. The quantitative estimate of drug-likeness (QED) is 0.789. The zero-order chi connectivity index (χ0) is 12.3. The van der Waals surface area contributed by atoms with Gasteiger partial charge in [-0.05, 0) is 24.0 Å². The van der Waals surface area contributed by atoms with Crippen LogP contribution in [0.5, 0.6) is 0 Å². The smallest absolute Gasteiger partial charge is 0.222 e. The van der Waals surface area contributed by atoms with Crippen molar-refractivity contribution in [3.8, 4) is 0 Å². The topological polar surface area (TPSA) is 40.3 Å². The predicted octanol–water partition coefficient (Wildman–Crippen LogP) is 1.90. The summed E-state index contributed by atoms with van der Waals surface area (Å²) in [4.78, 5) is 13.3. The van der Waals surface area contributed by atoms with Gasteiger partial charge in [0.2, 0.25) is 5.91 Å². The summed E-state index contributed by atoms with van der Waals surface area (Å²) in [7, 11) is 0. The first kappa shape index (κ1) is 12.1. The average Bonchev–Trinajstić information content (AvgIpc) is 3.20. The van der Waals surface area contributed by atoms with Gasteiger partial charge in [0.15, 0.2) is 0 Å². The SMILES string of the molecule is CCc1ccc(C(O)CCC(=O)N2CC2)cc1. The largest absolute Gasteiger partial charge is 0.388 e. The molecule has 0 saturated carbocycles. The summed E-state index contributed by atoms with van der Waals surface area (Å²) in [6.45, 7) is 3.88. The second-order valence-corrected chi connectivity index (χ2v) is 4.53. The first-order valence-corrected chi connectivity index (χ1v) is 6.25. The van der Waals surface area contributed by atoms with Crippen LogP contribution in [0.4, 0.5) is 0 Å². The zero-order valence-electron chi connectivity index (χ0n) is 10.2. The molecule has 1 aromatic rings. The Morgan fingerprint density at radius 3 is 2.53 bits per heavy atom. The van der Waals surface area contributed by atoms with Gasteiger partial charge in [-0.1, -0.05) is 31.2 Å². The summed E-state index contributed by atoms with van der Waals surface area (Å²) >= 11 is 0. The lowest BCUT2D eigenvalue weighted by Gasteiger charge is -2.11. The molecule has 17 heavy (non-hydrogen) atoms. The number of aryl methyl sites for hydroxylation is 1. The first-order valence-electron chi connectivity index (χ1n) is 6.25. The molecule has 1 fully saturated rings. The molecule has 1 unspecified atom stereocenters. The molecule has 0 aliphatic carbocycles. The standard InChI is InChI=1S/C14H19NO2/c1-2-11-3-5-12(6-4-11)13(16)7-8-14(17)15-9-10-15/h3-6,13,16H,2,7-10H2,1H3. The molecule has 1 atom stereocenters. The van der Waals surface area contributed by atoms with Gasteiger partial charge in [-0.25, -0.2) is 0 Å². The van der Waals surface area contributed by atoms with E-state index in [0.29, 0.717) is 12.8 Å². The fourth-order valence-electron chi connectivity index (χ4n) is 1.86. The highest BCUT2D eigenvalue weighted by molar-refractivity contribution is 5.78. The van der Waals surface area contributed by atoms with Gasteiger partial charge in [0, 0.05) is 19.5 Å². The normalized spacial score (nSPS) is 15.8. The van der Waals surface area contributed by atoms with Crippen molar-refractivity contribution in [2.75, 3.05) is 13.1 Å². The van der Waals surface area contributed by atoms with Crippen molar-refractivity contribution in [2.24, 2.45) is 0 Å². The third-order valence-corrected chi connectivity index (χ3v) is 3.20. The van der Waals surface area contributed by atoms with Crippen molar-refractivity contribution in [3.63, 3.8) is 0 Å². The number of carbonyl (C=O) groups is 1. The van der Waals surface area contributed by atoms with Crippen molar-refractivity contribution < 1.29 is 9.90 Å². The van der Waals surface area contributed by atoms with E-state index in [1.54, 1.807) is 4.90 Å². The zero-order valence-corrected chi connectivity index (χ0v) is 10.2. The molecule has 2 rings (SSSR count). The maximum absolute atomic E-state index is 11.5. The first-order chi connectivity index (χ1) is 8.20. The minimum Gasteiger partial charge on any atom is -0.388 e. The van der Waals surface area contributed by atoms with Crippen LogP contribution in [0.25, 0.3) is 0 Å². The van der Waals surface area contributed by atoms with Crippen LogP contribution in [-0.4, -0.2) is 29.0 Å². The van der Waals surface area contributed by atoms with Crippen LogP contribution in [0.1, 0.15) is 37.0 Å². The Kier molecular flexibility index (Phi) is 3.79. The number of hydrogen-bond acceptors (Lipinski definition) is 2. The van der Waals surface area contributed by atoms with Crippen LogP contribution in [-0.2, 0) is 11.2 Å². The van der Waals surface area contributed by atoms with E-state index in [-0.39, 0.29) is 5.91 Å². The van der Waals surface area contributed by atoms with Crippen molar-refractivity contribution >= 4 is 5.91 Å². The van der Waals surface area contributed by atoms with E-state index in [9.17, 15) is 9.90 Å². The maximum Gasteiger partial charge on any atom is 0.222 e. The second-order valence-electron chi connectivity index (χ2n) is 4.53. The van der Waals surface area contributed by atoms with Gasteiger partial charge in [0.05, 0.1) is 6.10 Å². The Bertz CT molecular complexity index is 382. The van der Waals surface area contributed by atoms with Gasteiger partial charge in [-0.2, -0.15) is 0 Å². The lowest BCUT2D eigenvalue weighted by Crippen LogP contribution is -2.11. The molecule has 1 aromatic carbocycles. The predicted molar refractivity (Wildman–Crippen MR) is 66.6 cm³/mol. The number of nitrogens with zero attached hydrogens (tertiary/aromatic N) is 1. The molecule has 1 saturated heterocycles. The fraction of sp³-hybridized carbons (Fsp3) is 0.500. The highest BCUT2D eigenvalue weighted by Crippen LogP contribution is 2.20. The molecular formula is C14H19NO2. The lowest BCUT2D eigenvalue weighted by molar-refractivity contribution is -0.126. The monoisotopic (exact) mass is 233 g/mol. The van der Waals surface area contributed by atoms with Crippen LogP contribution in [0.3, 0.4) is 0 Å². The molecule has 92 valence electrons. The van der Waals surface area contributed by atoms with Crippen molar-refractivity contribution in [2.45, 2.75) is 32.3 Å². The molecule has 0 aromatic heterocycles. The number of aliphatic hydroxyl groups excluding tert-OH is 1. The van der Waals surface area contributed by atoms with E-state index >= 15 is 0 Å². The molecule has 0 radical (unpaired) electrons. The maximum atomic E-state index is 11.5. The number of rotatable bonds is 5. The van der Waals surface area contributed by atoms with E-state index in [2.05, 4.69) is 6.92 Å². The van der Waals surface area contributed by atoms with Crippen LogP contribution in [0.2, 0.25) is 0 Å². The second kappa shape index (κ2) is 5.32. The van der Waals surface area contributed by atoms with Gasteiger partial charge >= 0.3 is 0 Å². The third kappa shape index (κ3) is 3.30. The minimum absolute atomic E-state index is 0.161. The summed E-state index contributed by atoms with van der Waals surface area (Å²) in [6.07, 6.45) is 1.44. The molecule has 0 bridgehead atoms. The van der Waals surface area contributed by atoms with Crippen LogP contribution >= 0.6 is 0 Å². The van der Waals surface area contributed by atoms with Gasteiger partial charge in [-0.3, -0.25) is 4.79 Å². The summed E-state index contributed by atoms with van der Waals surface area (Å²) < 4.78 is 0. The summed E-state index contributed by atoms with van der Waals surface area (Å²) in [6, 6.07) is 7.96. The Morgan fingerprint density at radius 1 is 1.35 bits per heavy atom. The van der Waals surface area contributed by atoms with Gasteiger partial charge < -0.3 is 10.0 Å². The van der Waals surface area contributed by atoms with E-state index in [0.717, 1.165) is 25.1 Å². The average molecular weight is 233 g/mol. The van der Waals surface area contributed by atoms with Crippen LogP contribution < -0.4 is 0 Å². The molecule has 0 spiro atoms. The Hall–Kier alpha value is -1.35. The molecule has 1 aliphatic rings. The molecule has 3 nitrogen and oxygen atoms in total. The summed E-state index contributed by atoms with van der Waals surface area (Å²) in [5.74, 6) is 0.161. The summed E-state index contributed by atoms with van der Waals surface area (Å²) in [5, 5.41) is 9.96. The Labute approximate surface area is 102 Å². The van der Waals surface area contributed by atoms with Crippen LogP contribution in [0, 0.1) is 0 Å².